The number of allylic oxidation sites excluding steroid dienone is 1. The smallest absolute Gasteiger partial charge is 0.0842 e. The molecule has 2 aromatic carbocycles. The molecule has 2 aromatic rings. The third-order valence-electron chi connectivity index (χ3n) is 5.57. The van der Waals surface area contributed by atoms with Gasteiger partial charge in [-0.25, -0.2) is 0 Å². The van der Waals surface area contributed by atoms with Gasteiger partial charge >= 0.3 is 0 Å². The zero-order chi connectivity index (χ0) is 15.9. The van der Waals surface area contributed by atoms with Crippen LogP contribution in [-0.2, 0) is 0 Å². The van der Waals surface area contributed by atoms with Gasteiger partial charge < -0.3 is 0 Å². The highest BCUT2D eigenvalue weighted by Gasteiger charge is 2.45. The van der Waals surface area contributed by atoms with E-state index in [1.807, 2.05) is 0 Å². The van der Waals surface area contributed by atoms with E-state index in [0.717, 1.165) is 0 Å². The molecule has 0 spiro atoms. The molecule has 0 radical (unpaired) electrons. The summed E-state index contributed by atoms with van der Waals surface area (Å²) in [6.07, 6.45) is 12.1. The lowest BCUT2D eigenvalue weighted by Crippen LogP contribution is -2.34. The number of benzene rings is 2. The predicted octanol–water partition coefficient (Wildman–Crippen LogP) is 5.52. The van der Waals surface area contributed by atoms with Crippen LogP contribution in [0, 0.1) is 5.92 Å². The number of hydrogen-bond donors (Lipinski definition) is 0. The van der Waals surface area contributed by atoms with Gasteiger partial charge in [-0.3, -0.25) is 10.0 Å². The summed E-state index contributed by atoms with van der Waals surface area (Å²) in [7, 11) is 0. The Morgan fingerprint density at radius 2 is 1.71 bits per heavy atom. The first-order valence-corrected chi connectivity index (χ1v) is 9.04. The van der Waals surface area contributed by atoms with Crippen LogP contribution in [0.5, 0.6) is 0 Å². The summed E-state index contributed by atoms with van der Waals surface area (Å²) in [6.45, 7) is 0. The fraction of sp³-hybridized carbons (Fsp3) is 0.273. The maximum atomic E-state index is 2.49. The molecular formula is C22H22N2. The molecule has 2 heterocycles. The number of rotatable bonds is 1. The van der Waals surface area contributed by atoms with E-state index in [1.165, 1.54) is 48.2 Å². The Kier molecular flexibility index (Phi) is 3.22. The highest BCUT2D eigenvalue weighted by molar-refractivity contribution is 5.63. The van der Waals surface area contributed by atoms with Gasteiger partial charge in [0.15, 0.2) is 0 Å². The summed E-state index contributed by atoms with van der Waals surface area (Å²) < 4.78 is 0. The highest BCUT2D eigenvalue weighted by Crippen LogP contribution is 2.51. The Bertz CT molecular complexity index is 806. The molecule has 0 bridgehead atoms. The molecule has 0 amide bonds. The first-order valence-electron chi connectivity index (χ1n) is 9.04. The van der Waals surface area contributed by atoms with Crippen molar-refractivity contribution in [2.75, 3.05) is 5.01 Å². The number of hydrogen-bond acceptors (Lipinski definition) is 2. The molecule has 3 aliphatic rings. The zero-order valence-corrected chi connectivity index (χ0v) is 13.8. The molecular weight excluding hydrogens is 292 g/mol. The summed E-state index contributed by atoms with van der Waals surface area (Å²) in [6, 6.07) is 20.1. The monoisotopic (exact) mass is 314 g/mol. The van der Waals surface area contributed by atoms with Crippen LogP contribution in [0.4, 0.5) is 5.69 Å². The molecule has 0 unspecified atom stereocenters. The van der Waals surface area contributed by atoms with E-state index in [-0.39, 0.29) is 0 Å². The maximum Gasteiger partial charge on any atom is 0.0842 e. The number of fused-ring (bicyclic) bond motifs is 5. The normalized spacial score (nSPS) is 24.8. The third kappa shape index (κ3) is 2.02. The number of hydrazine groups is 1. The molecule has 2 atom stereocenters. The molecule has 1 aliphatic carbocycles. The van der Waals surface area contributed by atoms with Crippen LogP contribution in [0.1, 0.15) is 42.9 Å². The number of para-hydroxylation sites is 1. The minimum atomic E-state index is 0.427. The molecule has 24 heavy (non-hydrogen) atoms. The molecule has 1 fully saturated rings. The highest BCUT2D eigenvalue weighted by atomic mass is 15.7. The second-order valence-electron chi connectivity index (χ2n) is 6.94. The largest absolute Gasteiger partial charge is 0.280 e. The zero-order valence-electron chi connectivity index (χ0n) is 13.8. The van der Waals surface area contributed by atoms with E-state index in [4.69, 9.17) is 0 Å². The fourth-order valence-electron chi connectivity index (χ4n) is 4.52. The molecule has 0 N–H and O–H groups in total. The van der Waals surface area contributed by atoms with Gasteiger partial charge in [-0.2, -0.15) is 0 Å². The Morgan fingerprint density at radius 3 is 2.62 bits per heavy atom. The second-order valence-corrected chi connectivity index (χ2v) is 6.94. The molecule has 2 heteroatoms. The van der Waals surface area contributed by atoms with Gasteiger partial charge in [0.1, 0.15) is 0 Å². The summed E-state index contributed by atoms with van der Waals surface area (Å²) in [5, 5.41) is 4.91. The lowest BCUT2D eigenvalue weighted by molar-refractivity contribution is 0.281. The fourth-order valence-corrected chi connectivity index (χ4v) is 4.52. The Labute approximate surface area is 143 Å². The third-order valence-corrected chi connectivity index (χ3v) is 5.57. The van der Waals surface area contributed by atoms with Crippen molar-refractivity contribution < 1.29 is 0 Å². The number of nitrogens with zero attached hydrogens (tertiary/aromatic N) is 2. The molecule has 2 nitrogen and oxygen atoms in total. The van der Waals surface area contributed by atoms with Gasteiger partial charge in [0.25, 0.3) is 0 Å². The van der Waals surface area contributed by atoms with Gasteiger partial charge in [0.2, 0.25) is 0 Å². The second kappa shape index (κ2) is 5.55. The topological polar surface area (TPSA) is 6.48 Å². The Morgan fingerprint density at radius 1 is 0.875 bits per heavy atom. The SMILES string of the molecule is C1=CN2[C@@H](c3ccccc31)[C@@H]1CCCCC=C1N2c1ccccc1. The van der Waals surface area contributed by atoms with Crippen molar-refractivity contribution in [3.8, 4) is 0 Å². The van der Waals surface area contributed by atoms with Crippen molar-refractivity contribution in [1.82, 2.24) is 5.01 Å². The average Bonchev–Trinajstić information content (AvgIpc) is 2.78. The van der Waals surface area contributed by atoms with Gasteiger partial charge in [0.05, 0.1) is 11.7 Å². The minimum Gasteiger partial charge on any atom is -0.280 e. The van der Waals surface area contributed by atoms with Crippen LogP contribution < -0.4 is 5.01 Å². The summed E-state index contributed by atoms with van der Waals surface area (Å²) in [5.41, 5.74) is 5.60. The molecule has 0 aromatic heterocycles. The Hall–Kier alpha value is -2.48. The lowest BCUT2D eigenvalue weighted by atomic mass is 9.85. The summed E-state index contributed by atoms with van der Waals surface area (Å²) in [4.78, 5) is 0. The van der Waals surface area contributed by atoms with Gasteiger partial charge in [-0.15, -0.1) is 0 Å². The van der Waals surface area contributed by atoms with Crippen LogP contribution >= 0.6 is 0 Å². The van der Waals surface area contributed by atoms with Crippen LogP contribution in [0.25, 0.3) is 6.08 Å². The van der Waals surface area contributed by atoms with E-state index < -0.39 is 0 Å². The van der Waals surface area contributed by atoms with E-state index in [0.29, 0.717) is 12.0 Å². The first-order chi connectivity index (χ1) is 11.9. The summed E-state index contributed by atoms with van der Waals surface area (Å²) >= 11 is 0. The predicted molar refractivity (Wildman–Crippen MR) is 99.0 cm³/mol. The minimum absolute atomic E-state index is 0.427. The van der Waals surface area contributed by atoms with Crippen molar-refractivity contribution in [3.63, 3.8) is 0 Å². The summed E-state index contributed by atoms with van der Waals surface area (Å²) in [5.74, 6) is 0.582. The van der Waals surface area contributed by atoms with Gasteiger partial charge in [0, 0.05) is 17.8 Å². The standard InChI is InChI=1S/C22H22N2/c1-3-10-18(11-4-1)24-21-14-6-2-5-13-20(21)22-19-12-8-7-9-17(19)15-16-23(22)24/h1,3-4,7-12,14-16,20,22H,2,5-6,13H2/t20-,22+/m1/s1. The van der Waals surface area contributed by atoms with Crippen molar-refractivity contribution >= 4 is 11.8 Å². The van der Waals surface area contributed by atoms with Crippen molar-refractivity contribution in [2.24, 2.45) is 5.92 Å². The van der Waals surface area contributed by atoms with Crippen LogP contribution in [0.2, 0.25) is 0 Å². The Balaban J connectivity index is 1.68. The number of anilines is 1. The van der Waals surface area contributed by atoms with Gasteiger partial charge in [-0.1, -0.05) is 55.0 Å². The lowest BCUT2D eigenvalue weighted by Gasteiger charge is -2.36. The molecule has 120 valence electrons. The average molecular weight is 314 g/mol. The van der Waals surface area contributed by atoms with E-state index in [1.54, 1.807) is 0 Å². The molecule has 5 rings (SSSR count). The van der Waals surface area contributed by atoms with E-state index >= 15 is 0 Å². The van der Waals surface area contributed by atoms with Crippen molar-refractivity contribution in [2.45, 2.75) is 31.7 Å². The first kappa shape index (κ1) is 13.9. The van der Waals surface area contributed by atoms with Crippen molar-refractivity contribution in [3.05, 3.63) is 83.7 Å². The van der Waals surface area contributed by atoms with E-state index in [2.05, 4.69) is 83.0 Å². The molecule has 0 saturated carbocycles. The van der Waals surface area contributed by atoms with Crippen LogP contribution in [0.3, 0.4) is 0 Å². The van der Waals surface area contributed by atoms with Gasteiger partial charge in [-0.05, 0) is 48.6 Å². The van der Waals surface area contributed by atoms with Crippen LogP contribution in [-0.4, -0.2) is 5.01 Å². The molecule has 1 saturated heterocycles. The quantitative estimate of drug-likeness (QED) is 0.683. The maximum absolute atomic E-state index is 2.49. The van der Waals surface area contributed by atoms with E-state index in [9.17, 15) is 0 Å². The van der Waals surface area contributed by atoms with Crippen molar-refractivity contribution in [1.29, 1.82) is 0 Å². The van der Waals surface area contributed by atoms with Crippen LogP contribution in [0.15, 0.2) is 72.6 Å². The molecule has 2 aliphatic heterocycles.